The second-order valence-electron chi connectivity index (χ2n) is 9.30. The quantitative estimate of drug-likeness (QED) is 0.446. The van der Waals surface area contributed by atoms with Crippen LogP contribution in [-0.4, -0.2) is 39.4 Å². The molecule has 35 heavy (non-hydrogen) atoms. The maximum absolute atomic E-state index is 13.3. The molecule has 2 amide bonds. The van der Waals surface area contributed by atoms with Crippen LogP contribution >= 0.6 is 0 Å². The van der Waals surface area contributed by atoms with E-state index in [0.29, 0.717) is 38.0 Å². The number of hydrogen-bond donors (Lipinski definition) is 1. The number of primary amides is 1. The largest absolute Gasteiger partial charge is 0.369 e. The third-order valence-electron chi connectivity index (χ3n) is 6.87. The third-order valence-corrected chi connectivity index (χ3v) is 6.87. The second kappa shape index (κ2) is 9.58. The third kappa shape index (κ3) is 4.87. The molecule has 2 N–H and O–H groups in total. The van der Waals surface area contributed by atoms with E-state index in [-0.39, 0.29) is 11.8 Å². The van der Waals surface area contributed by atoms with Crippen molar-refractivity contribution in [2.75, 3.05) is 13.1 Å². The minimum absolute atomic E-state index is 0.0694. The van der Waals surface area contributed by atoms with Crippen LogP contribution in [0.15, 0.2) is 97.6 Å². The van der Waals surface area contributed by atoms with Crippen molar-refractivity contribution in [1.29, 1.82) is 0 Å². The van der Waals surface area contributed by atoms with Crippen LogP contribution < -0.4 is 5.73 Å². The lowest BCUT2D eigenvalue weighted by Gasteiger charge is -2.26. The van der Waals surface area contributed by atoms with Crippen molar-refractivity contribution < 1.29 is 9.59 Å². The van der Waals surface area contributed by atoms with Crippen molar-refractivity contribution in [2.24, 2.45) is 11.1 Å². The van der Waals surface area contributed by atoms with Gasteiger partial charge in [-0.25, -0.2) is 4.98 Å². The zero-order chi connectivity index (χ0) is 24.3. The molecule has 2 heterocycles. The zero-order valence-corrected chi connectivity index (χ0v) is 19.5. The normalized spacial score (nSPS) is 17.4. The standard InChI is InChI=1S/C29H28N4O2/c30-28(35)29(18-22-9-11-25(12-10-22)24-6-2-1-3-7-24)13-15-33(20-29)27(34)26-8-4-5-23(17-26)19-32-16-14-31-21-32/h1-12,14,16-17,21H,13,15,18-20H2,(H2,30,35)/t29-/m1/s1. The van der Waals surface area contributed by atoms with Crippen LogP contribution in [0.4, 0.5) is 0 Å². The number of imidazole rings is 1. The molecule has 0 unspecified atom stereocenters. The Morgan fingerprint density at radius 3 is 2.40 bits per heavy atom. The number of nitrogens with two attached hydrogens (primary N) is 1. The summed E-state index contributed by atoms with van der Waals surface area (Å²) in [6.45, 7) is 1.48. The Morgan fingerprint density at radius 1 is 0.914 bits per heavy atom. The Bertz CT molecular complexity index is 1320. The van der Waals surface area contributed by atoms with Crippen LogP contribution in [0.2, 0.25) is 0 Å². The van der Waals surface area contributed by atoms with Crippen molar-refractivity contribution in [3.05, 3.63) is 114 Å². The highest BCUT2D eigenvalue weighted by Crippen LogP contribution is 2.35. The molecular weight excluding hydrogens is 436 g/mol. The van der Waals surface area contributed by atoms with Gasteiger partial charge in [0.1, 0.15) is 0 Å². The van der Waals surface area contributed by atoms with Gasteiger partial charge < -0.3 is 15.2 Å². The van der Waals surface area contributed by atoms with Crippen molar-refractivity contribution in [3.63, 3.8) is 0 Å². The summed E-state index contributed by atoms with van der Waals surface area (Å²) >= 11 is 0. The minimum atomic E-state index is -0.766. The first kappa shape index (κ1) is 22.6. The van der Waals surface area contributed by atoms with Gasteiger partial charge in [-0.2, -0.15) is 0 Å². The molecule has 1 aliphatic rings. The Kier molecular flexibility index (Phi) is 6.19. The molecule has 0 bridgehead atoms. The van der Waals surface area contributed by atoms with Crippen molar-refractivity contribution in [2.45, 2.75) is 19.4 Å². The predicted octanol–water partition coefficient (Wildman–Crippen LogP) is 4.16. The molecule has 176 valence electrons. The van der Waals surface area contributed by atoms with E-state index in [4.69, 9.17) is 5.73 Å². The van der Waals surface area contributed by atoms with Gasteiger partial charge in [0.05, 0.1) is 11.7 Å². The Balaban J connectivity index is 1.30. The lowest BCUT2D eigenvalue weighted by atomic mass is 9.80. The molecule has 4 aromatic rings. The molecule has 0 spiro atoms. The first-order chi connectivity index (χ1) is 17.0. The highest BCUT2D eigenvalue weighted by molar-refractivity contribution is 5.95. The maximum atomic E-state index is 13.3. The summed E-state index contributed by atoms with van der Waals surface area (Å²) in [6.07, 6.45) is 6.45. The summed E-state index contributed by atoms with van der Waals surface area (Å²) in [5.74, 6) is -0.422. The van der Waals surface area contributed by atoms with E-state index in [1.807, 2.05) is 53.2 Å². The van der Waals surface area contributed by atoms with Crippen LogP contribution in [-0.2, 0) is 17.8 Å². The number of carbonyl (C=O) groups excluding carboxylic acids is 2. The lowest BCUT2D eigenvalue weighted by molar-refractivity contribution is -0.126. The van der Waals surface area contributed by atoms with Gasteiger partial charge >= 0.3 is 0 Å². The Labute approximate surface area is 205 Å². The number of rotatable bonds is 7. The summed E-state index contributed by atoms with van der Waals surface area (Å²) in [4.78, 5) is 31.8. The van der Waals surface area contributed by atoms with E-state index in [1.54, 1.807) is 17.4 Å². The van der Waals surface area contributed by atoms with E-state index in [1.165, 1.54) is 0 Å². The molecule has 3 aromatic carbocycles. The summed E-state index contributed by atoms with van der Waals surface area (Å²) in [6, 6.07) is 26.1. The smallest absolute Gasteiger partial charge is 0.253 e. The maximum Gasteiger partial charge on any atom is 0.253 e. The second-order valence-corrected chi connectivity index (χ2v) is 9.30. The fourth-order valence-corrected chi connectivity index (χ4v) is 4.89. The van der Waals surface area contributed by atoms with Crippen LogP contribution in [0, 0.1) is 5.41 Å². The van der Waals surface area contributed by atoms with Gasteiger partial charge in [0.15, 0.2) is 0 Å². The van der Waals surface area contributed by atoms with Gasteiger partial charge in [-0.05, 0) is 47.2 Å². The van der Waals surface area contributed by atoms with E-state index in [0.717, 1.165) is 22.3 Å². The zero-order valence-electron chi connectivity index (χ0n) is 19.5. The molecule has 0 aliphatic carbocycles. The van der Waals surface area contributed by atoms with E-state index >= 15 is 0 Å². The molecule has 1 atom stereocenters. The first-order valence-electron chi connectivity index (χ1n) is 11.8. The number of benzene rings is 3. The van der Waals surface area contributed by atoms with E-state index < -0.39 is 5.41 Å². The molecule has 6 heteroatoms. The number of carbonyl (C=O) groups is 2. The Morgan fingerprint density at radius 2 is 1.69 bits per heavy atom. The highest BCUT2D eigenvalue weighted by atomic mass is 16.2. The molecule has 1 saturated heterocycles. The molecule has 1 fully saturated rings. The summed E-state index contributed by atoms with van der Waals surface area (Å²) in [7, 11) is 0. The van der Waals surface area contributed by atoms with E-state index in [2.05, 4.69) is 41.4 Å². The summed E-state index contributed by atoms with van der Waals surface area (Å²) in [5.41, 5.74) is 10.1. The minimum Gasteiger partial charge on any atom is -0.369 e. The van der Waals surface area contributed by atoms with Crippen molar-refractivity contribution in [1.82, 2.24) is 14.5 Å². The molecule has 1 aromatic heterocycles. The van der Waals surface area contributed by atoms with Crippen LogP contribution in [0.5, 0.6) is 0 Å². The predicted molar refractivity (Wildman–Crippen MR) is 136 cm³/mol. The number of amides is 2. The number of aromatic nitrogens is 2. The number of nitrogens with zero attached hydrogens (tertiary/aromatic N) is 3. The fraction of sp³-hybridized carbons (Fsp3) is 0.207. The van der Waals surface area contributed by atoms with Gasteiger partial charge in [-0.1, -0.05) is 66.7 Å². The summed E-state index contributed by atoms with van der Waals surface area (Å²) in [5, 5.41) is 0. The average molecular weight is 465 g/mol. The first-order valence-corrected chi connectivity index (χ1v) is 11.8. The molecular formula is C29H28N4O2. The molecule has 6 nitrogen and oxygen atoms in total. The van der Waals surface area contributed by atoms with Gasteiger partial charge in [0.2, 0.25) is 5.91 Å². The molecule has 0 saturated carbocycles. The SMILES string of the molecule is NC(=O)[C@@]1(Cc2ccc(-c3ccccc3)cc2)CCN(C(=O)c2cccc(Cn3ccnc3)c2)C1. The number of likely N-dealkylation sites (tertiary alicyclic amines) is 1. The monoisotopic (exact) mass is 464 g/mol. The van der Waals surface area contributed by atoms with Gasteiger partial charge in [0.25, 0.3) is 5.91 Å². The van der Waals surface area contributed by atoms with Gasteiger partial charge in [-0.3, -0.25) is 9.59 Å². The van der Waals surface area contributed by atoms with Gasteiger partial charge in [0, 0.05) is 37.6 Å². The molecule has 0 radical (unpaired) electrons. The Hall–Kier alpha value is -4.19. The molecule has 5 rings (SSSR count). The average Bonchev–Trinajstić information content (AvgIpc) is 3.56. The van der Waals surface area contributed by atoms with Crippen LogP contribution in [0.25, 0.3) is 11.1 Å². The van der Waals surface area contributed by atoms with Crippen LogP contribution in [0.1, 0.15) is 27.9 Å². The summed E-state index contributed by atoms with van der Waals surface area (Å²) < 4.78 is 1.96. The molecule has 1 aliphatic heterocycles. The highest BCUT2D eigenvalue weighted by Gasteiger charge is 2.44. The van der Waals surface area contributed by atoms with Crippen molar-refractivity contribution in [3.8, 4) is 11.1 Å². The topological polar surface area (TPSA) is 81.2 Å². The lowest BCUT2D eigenvalue weighted by Crippen LogP contribution is -2.42. The van der Waals surface area contributed by atoms with Crippen LogP contribution in [0.3, 0.4) is 0 Å². The fourth-order valence-electron chi connectivity index (χ4n) is 4.89. The van der Waals surface area contributed by atoms with E-state index in [9.17, 15) is 9.59 Å². The van der Waals surface area contributed by atoms with Crippen molar-refractivity contribution >= 4 is 11.8 Å². The number of hydrogen-bond acceptors (Lipinski definition) is 3. The van der Waals surface area contributed by atoms with Gasteiger partial charge in [-0.15, -0.1) is 0 Å².